The maximum absolute atomic E-state index is 13.2. The lowest BCUT2D eigenvalue weighted by Gasteiger charge is -2.37. The fraction of sp³-hybridized carbons (Fsp3) is 0.480. The molecule has 0 aromatic heterocycles. The van der Waals surface area contributed by atoms with Crippen molar-refractivity contribution in [2.75, 3.05) is 64.5 Å². The Morgan fingerprint density at radius 1 is 1.00 bits per heavy atom. The fourth-order valence-corrected chi connectivity index (χ4v) is 5.00. The molecule has 7 heteroatoms. The third-order valence-corrected chi connectivity index (χ3v) is 6.68. The van der Waals surface area contributed by atoms with Gasteiger partial charge in [-0.15, -0.1) is 0 Å². The number of carbonyl (C=O) groups excluding carboxylic acids is 1. The smallest absolute Gasteiger partial charge is 0.237 e. The summed E-state index contributed by atoms with van der Waals surface area (Å²) in [6.45, 7) is 5.96. The number of ether oxygens (including phenoxy) is 3. The van der Waals surface area contributed by atoms with Gasteiger partial charge in [-0.3, -0.25) is 9.69 Å². The molecule has 0 unspecified atom stereocenters. The first kappa shape index (κ1) is 20.9. The lowest BCUT2D eigenvalue weighted by Crippen LogP contribution is -2.50. The molecule has 7 nitrogen and oxygen atoms in total. The number of fused-ring (bicyclic) bond motifs is 1. The number of methoxy groups -OCH3 is 1. The van der Waals surface area contributed by atoms with Crippen molar-refractivity contribution in [2.24, 2.45) is 0 Å². The average Bonchev–Trinajstić information content (AvgIpc) is 3.34. The lowest BCUT2D eigenvalue weighted by atomic mass is 10.0. The molecule has 0 saturated carbocycles. The van der Waals surface area contributed by atoms with E-state index < -0.39 is 0 Å². The van der Waals surface area contributed by atoms with Crippen LogP contribution in [0.4, 0.5) is 5.69 Å². The molecule has 170 valence electrons. The molecule has 5 rings (SSSR count). The van der Waals surface area contributed by atoms with Crippen molar-refractivity contribution in [3.8, 4) is 17.2 Å². The van der Waals surface area contributed by atoms with Crippen LogP contribution in [0.15, 0.2) is 42.5 Å². The van der Waals surface area contributed by atoms with E-state index >= 15 is 0 Å². The molecule has 0 spiro atoms. The second-order valence-electron chi connectivity index (χ2n) is 8.58. The number of hydrogen-bond acceptors (Lipinski definition) is 6. The van der Waals surface area contributed by atoms with E-state index in [4.69, 9.17) is 14.2 Å². The highest BCUT2D eigenvalue weighted by Crippen LogP contribution is 2.38. The Balaban J connectivity index is 1.20. The standard InChI is InChI=1S/C25H31N3O4/c1-30-22-7-3-2-5-21(22)27-13-11-26(12-14-27)18-25(29)28-10-4-6-20(28)19-8-9-23-24(17-19)32-16-15-31-23/h2-3,5,7-9,17,20H,4,6,10-16,18H2,1H3/t20-/m1/s1. The predicted molar refractivity (Wildman–Crippen MR) is 123 cm³/mol. The van der Waals surface area contributed by atoms with Crippen LogP contribution in [0.1, 0.15) is 24.4 Å². The van der Waals surface area contributed by atoms with Gasteiger partial charge in [0.25, 0.3) is 0 Å². The molecule has 0 bridgehead atoms. The molecule has 2 aromatic carbocycles. The van der Waals surface area contributed by atoms with Crippen LogP contribution in [-0.4, -0.2) is 75.3 Å². The Kier molecular flexibility index (Phi) is 6.08. The highest BCUT2D eigenvalue weighted by atomic mass is 16.6. The minimum Gasteiger partial charge on any atom is -0.495 e. The van der Waals surface area contributed by atoms with Crippen LogP contribution in [0.5, 0.6) is 17.2 Å². The first-order valence-electron chi connectivity index (χ1n) is 11.5. The Morgan fingerprint density at radius 2 is 1.78 bits per heavy atom. The van der Waals surface area contributed by atoms with Crippen molar-refractivity contribution in [3.63, 3.8) is 0 Å². The van der Waals surface area contributed by atoms with Crippen LogP contribution >= 0.6 is 0 Å². The average molecular weight is 438 g/mol. The number of piperazine rings is 1. The predicted octanol–water partition coefficient (Wildman–Crippen LogP) is 2.95. The maximum atomic E-state index is 13.2. The maximum Gasteiger partial charge on any atom is 0.237 e. The third kappa shape index (κ3) is 4.21. The molecule has 0 N–H and O–H groups in total. The molecule has 0 radical (unpaired) electrons. The number of para-hydroxylation sites is 2. The Hall–Kier alpha value is -2.93. The van der Waals surface area contributed by atoms with E-state index in [0.717, 1.165) is 74.1 Å². The molecule has 32 heavy (non-hydrogen) atoms. The Morgan fingerprint density at radius 3 is 2.59 bits per heavy atom. The van der Waals surface area contributed by atoms with Gasteiger partial charge in [-0.05, 0) is 42.7 Å². The van der Waals surface area contributed by atoms with Crippen LogP contribution in [-0.2, 0) is 4.79 Å². The second-order valence-corrected chi connectivity index (χ2v) is 8.58. The summed E-state index contributed by atoms with van der Waals surface area (Å²) in [5, 5.41) is 0. The summed E-state index contributed by atoms with van der Waals surface area (Å²) in [5.74, 6) is 2.70. The zero-order chi connectivity index (χ0) is 21.9. The number of anilines is 1. The summed E-state index contributed by atoms with van der Waals surface area (Å²) < 4.78 is 16.9. The molecular weight excluding hydrogens is 406 g/mol. The van der Waals surface area contributed by atoms with Gasteiger partial charge in [-0.2, -0.15) is 0 Å². The molecule has 0 aliphatic carbocycles. The minimum absolute atomic E-state index is 0.119. The van der Waals surface area contributed by atoms with Gasteiger partial charge in [-0.25, -0.2) is 0 Å². The van der Waals surface area contributed by atoms with Gasteiger partial charge in [0.15, 0.2) is 11.5 Å². The molecule has 1 atom stereocenters. The van der Waals surface area contributed by atoms with E-state index in [1.165, 1.54) is 0 Å². The van der Waals surface area contributed by atoms with Crippen LogP contribution in [0, 0.1) is 0 Å². The number of rotatable bonds is 5. The Labute approximate surface area is 189 Å². The number of benzene rings is 2. The van der Waals surface area contributed by atoms with Crippen molar-refractivity contribution in [1.82, 2.24) is 9.80 Å². The molecule has 2 aromatic rings. The summed E-state index contributed by atoms with van der Waals surface area (Å²) in [4.78, 5) is 19.9. The van der Waals surface area contributed by atoms with Gasteiger partial charge in [0.05, 0.1) is 25.4 Å². The summed E-state index contributed by atoms with van der Waals surface area (Å²) in [6, 6.07) is 14.4. The number of amides is 1. The quantitative estimate of drug-likeness (QED) is 0.717. The van der Waals surface area contributed by atoms with E-state index in [2.05, 4.69) is 32.9 Å². The van der Waals surface area contributed by atoms with Gasteiger partial charge in [0, 0.05) is 32.7 Å². The monoisotopic (exact) mass is 437 g/mol. The number of hydrogen-bond donors (Lipinski definition) is 0. The van der Waals surface area contributed by atoms with E-state index in [0.29, 0.717) is 19.8 Å². The lowest BCUT2D eigenvalue weighted by molar-refractivity contribution is -0.133. The van der Waals surface area contributed by atoms with Gasteiger partial charge in [0.2, 0.25) is 5.91 Å². The summed E-state index contributed by atoms with van der Waals surface area (Å²) >= 11 is 0. The topological polar surface area (TPSA) is 54.5 Å². The first-order valence-corrected chi connectivity index (χ1v) is 11.5. The minimum atomic E-state index is 0.119. The van der Waals surface area contributed by atoms with E-state index in [1.54, 1.807) is 7.11 Å². The second kappa shape index (κ2) is 9.28. The number of carbonyl (C=O) groups is 1. The summed E-state index contributed by atoms with van der Waals surface area (Å²) in [6.07, 6.45) is 2.03. The van der Waals surface area contributed by atoms with E-state index in [-0.39, 0.29) is 11.9 Å². The largest absolute Gasteiger partial charge is 0.495 e. The first-order chi connectivity index (χ1) is 15.7. The highest BCUT2D eigenvalue weighted by Gasteiger charge is 2.32. The number of nitrogens with zero attached hydrogens (tertiary/aromatic N) is 3. The molecule has 3 aliphatic rings. The summed E-state index contributed by atoms with van der Waals surface area (Å²) in [5.41, 5.74) is 2.26. The van der Waals surface area contributed by atoms with Gasteiger partial charge >= 0.3 is 0 Å². The highest BCUT2D eigenvalue weighted by molar-refractivity contribution is 5.79. The van der Waals surface area contributed by atoms with E-state index in [9.17, 15) is 4.79 Å². The van der Waals surface area contributed by atoms with Gasteiger partial charge in [-0.1, -0.05) is 18.2 Å². The number of likely N-dealkylation sites (tertiary alicyclic amines) is 1. The summed E-state index contributed by atoms with van der Waals surface area (Å²) in [7, 11) is 1.71. The van der Waals surface area contributed by atoms with Crippen molar-refractivity contribution in [2.45, 2.75) is 18.9 Å². The SMILES string of the molecule is COc1ccccc1N1CCN(CC(=O)N2CCC[C@@H]2c2ccc3c(c2)OCCO3)CC1. The molecule has 3 heterocycles. The zero-order valence-electron chi connectivity index (χ0n) is 18.7. The van der Waals surface area contributed by atoms with Crippen LogP contribution in [0.3, 0.4) is 0 Å². The third-order valence-electron chi connectivity index (χ3n) is 6.68. The Bertz CT molecular complexity index is 958. The molecule has 2 saturated heterocycles. The molecular formula is C25H31N3O4. The van der Waals surface area contributed by atoms with Crippen molar-refractivity contribution < 1.29 is 19.0 Å². The van der Waals surface area contributed by atoms with Crippen molar-refractivity contribution in [3.05, 3.63) is 48.0 Å². The molecule has 2 fully saturated rings. The van der Waals surface area contributed by atoms with Gasteiger partial charge in [0.1, 0.15) is 19.0 Å². The van der Waals surface area contributed by atoms with Crippen molar-refractivity contribution >= 4 is 11.6 Å². The molecule has 3 aliphatic heterocycles. The van der Waals surface area contributed by atoms with Crippen LogP contribution in [0.2, 0.25) is 0 Å². The van der Waals surface area contributed by atoms with Gasteiger partial charge < -0.3 is 24.0 Å². The normalized spacial score (nSPS) is 21.0. The fourth-order valence-electron chi connectivity index (χ4n) is 5.00. The zero-order valence-corrected chi connectivity index (χ0v) is 18.7. The van der Waals surface area contributed by atoms with Crippen LogP contribution < -0.4 is 19.1 Å². The van der Waals surface area contributed by atoms with Crippen LogP contribution in [0.25, 0.3) is 0 Å². The van der Waals surface area contributed by atoms with E-state index in [1.807, 2.05) is 24.3 Å². The molecule has 1 amide bonds. The van der Waals surface area contributed by atoms with Crippen molar-refractivity contribution in [1.29, 1.82) is 0 Å².